The van der Waals surface area contributed by atoms with Crippen LogP contribution in [-0.4, -0.2) is 65.6 Å². The van der Waals surface area contributed by atoms with E-state index in [0.29, 0.717) is 31.7 Å². The summed E-state index contributed by atoms with van der Waals surface area (Å²) < 4.78 is 77.7. The number of pyridine rings is 1. The third kappa shape index (κ3) is 5.19. The van der Waals surface area contributed by atoms with Gasteiger partial charge in [0.05, 0.1) is 23.2 Å². The molecule has 0 unspecified atom stereocenters. The molecule has 2 aromatic rings. The Bertz CT molecular complexity index is 972. The van der Waals surface area contributed by atoms with Crippen molar-refractivity contribution in [2.75, 3.05) is 32.1 Å². The highest BCUT2D eigenvalue weighted by molar-refractivity contribution is 6.05. The van der Waals surface area contributed by atoms with E-state index in [2.05, 4.69) is 20.2 Å². The predicted octanol–water partition coefficient (Wildman–Crippen LogP) is 4.17. The summed E-state index contributed by atoms with van der Waals surface area (Å²) in [4.78, 5) is 23.0. The van der Waals surface area contributed by atoms with Crippen LogP contribution in [0.15, 0.2) is 23.3 Å². The van der Waals surface area contributed by atoms with Crippen LogP contribution < -0.4 is 4.90 Å². The van der Waals surface area contributed by atoms with Gasteiger partial charge in [-0.3, -0.25) is 9.89 Å². The topological polar surface area (TPSA) is 77.5 Å². The molecule has 0 aromatic carbocycles. The molecule has 3 rings (SSSR count). The number of Topliss-reactive ketones (excluding diaryl/α,β-unsaturated/α-hetero) is 1. The lowest BCUT2D eigenvalue weighted by molar-refractivity contribution is -0.137. The molecule has 0 spiro atoms. The third-order valence-corrected chi connectivity index (χ3v) is 4.97. The first-order valence-electron chi connectivity index (χ1n) is 9.56. The summed E-state index contributed by atoms with van der Waals surface area (Å²) in [5.74, 6) is -2.47. The molecule has 174 valence electrons. The zero-order chi connectivity index (χ0) is 23.7. The van der Waals surface area contributed by atoms with Gasteiger partial charge in [-0.25, -0.2) is 9.98 Å². The molecule has 0 aliphatic carbocycles. The maximum Gasteiger partial charge on any atom is 0.455 e. The largest absolute Gasteiger partial charge is 0.455 e. The quantitative estimate of drug-likeness (QED) is 0.312. The van der Waals surface area contributed by atoms with Gasteiger partial charge in [-0.1, -0.05) is 0 Å². The molecule has 0 bridgehead atoms. The number of hydrogen-bond acceptors (Lipinski definition) is 5. The van der Waals surface area contributed by atoms with Crippen LogP contribution in [0.4, 0.5) is 38.0 Å². The Morgan fingerprint density at radius 1 is 1.19 bits per heavy atom. The van der Waals surface area contributed by atoms with Gasteiger partial charge in [0.2, 0.25) is 0 Å². The number of carbonyl (C=O) groups excluding carboxylic acids is 1. The standard InChI is InChI=1S/C19H20F6N6O/c1-30(2)10-27-17-14(16(32)19(23,24)25)15(28-29-17)11-5-7-31(8-6-11)13-4-3-12(9-26-13)18(20,21)22/h3-4,9-11H,5-8H2,1-2H3,(H,28,29). The fourth-order valence-electron chi connectivity index (χ4n) is 3.41. The van der Waals surface area contributed by atoms with E-state index in [0.717, 1.165) is 12.3 Å². The summed E-state index contributed by atoms with van der Waals surface area (Å²) in [7, 11) is 3.24. The van der Waals surface area contributed by atoms with Crippen LogP contribution in [0.1, 0.15) is 40.4 Å². The molecular formula is C19H20F6N6O. The average molecular weight is 462 g/mol. The van der Waals surface area contributed by atoms with Crippen LogP contribution in [0.3, 0.4) is 0 Å². The van der Waals surface area contributed by atoms with Crippen molar-refractivity contribution in [3.8, 4) is 0 Å². The smallest absolute Gasteiger partial charge is 0.369 e. The lowest BCUT2D eigenvalue weighted by atomic mass is 9.90. The van der Waals surface area contributed by atoms with E-state index in [1.807, 2.05) is 0 Å². The summed E-state index contributed by atoms with van der Waals surface area (Å²) in [6, 6.07) is 2.18. The Kier molecular flexibility index (Phi) is 6.46. The molecule has 2 aromatic heterocycles. The van der Waals surface area contributed by atoms with E-state index in [1.54, 1.807) is 19.0 Å². The molecule has 0 amide bonds. The van der Waals surface area contributed by atoms with Crippen LogP contribution in [0.5, 0.6) is 0 Å². The average Bonchev–Trinajstić information content (AvgIpc) is 3.14. The Balaban J connectivity index is 1.79. The number of piperidine rings is 1. The van der Waals surface area contributed by atoms with Crippen molar-refractivity contribution >= 4 is 23.8 Å². The molecule has 3 heterocycles. The number of anilines is 1. The van der Waals surface area contributed by atoms with Crippen molar-refractivity contribution in [2.24, 2.45) is 4.99 Å². The number of halogens is 6. The molecule has 1 aliphatic heterocycles. The van der Waals surface area contributed by atoms with Gasteiger partial charge in [0, 0.05) is 39.3 Å². The van der Waals surface area contributed by atoms with Crippen LogP contribution in [-0.2, 0) is 6.18 Å². The Morgan fingerprint density at radius 2 is 1.84 bits per heavy atom. The SMILES string of the molecule is CN(C)C=Nc1n[nH]c(C2CCN(c3ccc(C(F)(F)F)cn3)CC2)c1C(=O)C(F)(F)F. The van der Waals surface area contributed by atoms with Crippen LogP contribution >= 0.6 is 0 Å². The van der Waals surface area contributed by atoms with E-state index >= 15 is 0 Å². The van der Waals surface area contributed by atoms with Gasteiger partial charge in [-0.15, -0.1) is 0 Å². The van der Waals surface area contributed by atoms with Gasteiger partial charge < -0.3 is 9.80 Å². The maximum absolute atomic E-state index is 13.2. The molecular weight excluding hydrogens is 442 g/mol. The first-order valence-corrected chi connectivity index (χ1v) is 9.56. The van der Waals surface area contributed by atoms with Crippen LogP contribution in [0.25, 0.3) is 0 Å². The first kappa shape index (κ1) is 23.5. The van der Waals surface area contributed by atoms with E-state index in [1.165, 1.54) is 17.3 Å². The highest BCUT2D eigenvalue weighted by Crippen LogP contribution is 2.37. The monoisotopic (exact) mass is 462 g/mol. The Morgan fingerprint density at radius 3 is 2.34 bits per heavy atom. The second kappa shape index (κ2) is 8.79. The molecule has 1 aliphatic rings. The van der Waals surface area contributed by atoms with Crippen molar-refractivity contribution in [3.63, 3.8) is 0 Å². The molecule has 32 heavy (non-hydrogen) atoms. The molecule has 0 radical (unpaired) electrons. The minimum atomic E-state index is -5.09. The summed E-state index contributed by atoms with van der Waals surface area (Å²) in [5.41, 5.74) is -1.42. The number of alkyl halides is 6. The fourth-order valence-corrected chi connectivity index (χ4v) is 3.41. The van der Waals surface area contributed by atoms with Crippen molar-refractivity contribution in [1.82, 2.24) is 20.1 Å². The van der Waals surface area contributed by atoms with Crippen LogP contribution in [0.2, 0.25) is 0 Å². The maximum atomic E-state index is 13.2. The molecule has 7 nitrogen and oxygen atoms in total. The van der Waals surface area contributed by atoms with E-state index in [4.69, 9.17) is 0 Å². The first-order chi connectivity index (χ1) is 14.9. The van der Waals surface area contributed by atoms with E-state index < -0.39 is 35.2 Å². The molecule has 0 atom stereocenters. The second-order valence-corrected chi connectivity index (χ2v) is 7.54. The number of aliphatic imine (C=N–C) groups is 1. The van der Waals surface area contributed by atoms with Gasteiger partial charge in [-0.05, 0) is 25.0 Å². The number of aromatic nitrogens is 3. The van der Waals surface area contributed by atoms with Crippen molar-refractivity contribution < 1.29 is 31.1 Å². The van der Waals surface area contributed by atoms with Crippen molar-refractivity contribution in [2.45, 2.75) is 31.1 Å². The molecule has 0 saturated carbocycles. The summed E-state index contributed by atoms with van der Waals surface area (Å²) in [6.45, 7) is 0.663. The minimum absolute atomic E-state index is 0.0539. The minimum Gasteiger partial charge on any atom is -0.369 e. The van der Waals surface area contributed by atoms with Gasteiger partial charge in [0.1, 0.15) is 5.82 Å². The van der Waals surface area contributed by atoms with Gasteiger partial charge in [-0.2, -0.15) is 31.4 Å². The summed E-state index contributed by atoms with van der Waals surface area (Å²) >= 11 is 0. The number of nitrogens with zero attached hydrogens (tertiary/aromatic N) is 5. The zero-order valence-corrected chi connectivity index (χ0v) is 17.1. The lowest BCUT2D eigenvalue weighted by Gasteiger charge is -2.32. The molecule has 1 fully saturated rings. The van der Waals surface area contributed by atoms with Crippen molar-refractivity contribution in [1.29, 1.82) is 0 Å². The highest BCUT2D eigenvalue weighted by atomic mass is 19.4. The van der Waals surface area contributed by atoms with E-state index in [9.17, 15) is 31.1 Å². The highest BCUT2D eigenvalue weighted by Gasteiger charge is 2.44. The predicted molar refractivity (Wildman–Crippen MR) is 104 cm³/mol. The van der Waals surface area contributed by atoms with Gasteiger partial charge in [0.15, 0.2) is 5.82 Å². The number of aromatic amines is 1. The molecule has 13 heteroatoms. The number of H-pyrrole nitrogens is 1. The zero-order valence-electron chi connectivity index (χ0n) is 17.1. The molecule has 1 N–H and O–H groups in total. The fraction of sp³-hybridized carbons (Fsp3) is 0.474. The number of nitrogens with one attached hydrogen (secondary N) is 1. The lowest BCUT2D eigenvalue weighted by Crippen LogP contribution is -2.34. The second-order valence-electron chi connectivity index (χ2n) is 7.54. The summed E-state index contributed by atoms with van der Waals surface area (Å²) in [5, 5.41) is 6.34. The normalized spacial score (nSPS) is 16.1. The van der Waals surface area contributed by atoms with E-state index in [-0.39, 0.29) is 11.5 Å². The molecule has 1 saturated heterocycles. The Labute approximate surface area is 179 Å². The third-order valence-electron chi connectivity index (χ3n) is 4.97. The van der Waals surface area contributed by atoms with Crippen molar-refractivity contribution in [3.05, 3.63) is 35.2 Å². The van der Waals surface area contributed by atoms with Gasteiger partial charge >= 0.3 is 12.4 Å². The number of ketones is 1. The number of carbonyl (C=O) groups is 1. The summed E-state index contributed by atoms with van der Waals surface area (Å²) in [6.07, 6.45) is -6.91. The number of rotatable bonds is 5. The van der Waals surface area contributed by atoms with Gasteiger partial charge in [0.25, 0.3) is 5.78 Å². The van der Waals surface area contributed by atoms with Crippen LogP contribution in [0, 0.1) is 0 Å². The Hall–Kier alpha value is -3.12. The number of hydrogen-bond donors (Lipinski definition) is 1.